The maximum absolute atomic E-state index is 13.6. The molecule has 0 fully saturated rings. The number of sulfonamides is 1. The van der Waals surface area contributed by atoms with E-state index in [0.717, 1.165) is 11.6 Å². The Morgan fingerprint density at radius 2 is 1.80 bits per heavy atom. The number of nitrogens with one attached hydrogen (secondary N) is 1. The van der Waals surface area contributed by atoms with Gasteiger partial charge in [-0.2, -0.15) is 21.6 Å². The highest BCUT2D eigenvalue weighted by Gasteiger charge is 2.45. The fraction of sp³-hybridized carbons (Fsp3) is 0.355. The molecule has 0 spiro atoms. The summed E-state index contributed by atoms with van der Waals surface area (Å²) in [5.74, 6) is -0.871. The molecule has 236 valence electrons. The Morgan fingerprint density at radius 1 is 1.09 bits per heavy atom. The molecule has 2 aromatic carbocycles. The van der Waals surface area contributed by atoms with E-state index in [4.69, 9.17) is 4.74 Å². The molecule has 0 saturated heterocycles. The number of cyclic esters (lactones) is 1. The van der Waals surface area contributed by atoms with Crippen LogP contribution in [0, 0.1) is 5.92 Å². The van der Waals surface area contributed by atoms with Gasteiger partial charge in [-0.3, -0.25) is 4.72 Å². The number of halogens is 3. The van der Waals surface area contributed by atoms with Gasteiger partial charge in [0.15, 0.2) is 10.7 Å². The van der Waals surface area contributed by atoms with Crippen molar-refractivity contribution >= 4 is 27.4 Å². The molecule has 0 aliphatic carbocycles. The molecule has 13 heteroatoms. The fourth-order valence-corrected chi connectivity index (χ4v) is 6.01. The molecule has 3 aromatic rings. The van der Waals surface area contributed by atoms with Crippen LogP contribution in [0.3, 0.4) is 0 Å². The molecule has 1 unspecified atom stereocenters. The van der Waals surface area contributed by atoms with Gasteiger partial charge in [0.1, 0.15) is 17.1 Å². The van der Waals surface area contributed by atoms with Crippen molar-refractivity contribution in [1.82, 2.24) is 4.98 Å². The number of alkyl halides is 3. The number of phenolic OH excluding ortho intramolecular Hbond substituents is 1. The lowest BCUT2D eigenvalue weighted by atomic mass is 9.79. The number of esters is 1. The number of aromatic hydroxyl groups is 1. The van der Waals surface area contributed by atoms with Gasteiger partial charge in [-0.05, 0) is 73.2 Å². The van der Waals surface area contributed by atoms with Crippen LogP contribution in [0.25, 0.3) is 0 Å². The van der Waals surface area contributed by atoms with Crippen molar-refractivity contribution in [2.45, 2.75) is 63.3 Å². The zero-order chi connectivity index (χ0) is 32.3. The summed E-state index contributed by atoms with van der Waals surface area (Å²) in [5.41, 5.74) is -0.731. The third-order valence-electron chi connectivity index (χ3n) is 7.52. The lowest BCUT2D eigenvalue weighted by Gasteiger charge is -2.42. The molecule has 0 saturated carbocycles. The summed E-state index contributed by atoms with van der Waals surface area (Å²) >= 11 is 0. The number of carbonyl (C=O) groups is 1. The zero-order valence-electron chi connectivity index (χ0n) is 24.4. The number of hydrogen-bond acceptors (Lipinski definition) is 8. The highest BCUT2D eigenvalue weighted by atomic mass is 32.2. The van der Waals surface area contributed by atoms with Crippen LogP contribution in [0.2, 0.25) is 0 Å². The standard InChI is InChI=1S/C31H34F3N3O6S/c1-4-16-37(24-7-5-6-23(17-24)36-44(41,42)27-13-10-22(19-35-27)31(32,33)34)28-26(39)18-30(20(2)3,43-29(28)40)15-14-21-8-11-25(38)12-9-21/h5-13,17,19-20,36,38-39H,4,14-16,18H2,1-3H3. The normalized spacial score (nSPS) is 17.5. The molecule has 1 aliphatic rings. The van der Waals surface area contributed by atoms with Crippen molar-refractivity contribution in [3.63, 3.8) is 0 Å². The highest BCUT2D eigenvalue weighted by Crippen LogP contribution is 2.41. The van der Waals surface area contributed by atoms with E-state index < -0.39 is 38.4 Å². The number of nitrogens with zero attached hydrogens (tertiary/aromatic N) is 2. The molecular formula is C31H34F3N3O6S. The monoisotopic (exact) mass is 633 g/mol. The second-order valence-corrected chi connectivity index (χ2v) is 12.6. The van der Waals surface area contributed by atoms with Crippen LogP contribution in [-0.2, 0) is 32.2 Å². The van der Waals surface area contributed by atoms with E-state index in [0.29, 0.717) is 37.2 Å². The van der Waals surface area contributed by atoms with E-state index in [1.54, 1.807) is 35.2 Å². The predicted octanol–water partition coefficient (Wildman–Crippen LogP) is 6.57. The predicted molar refractivity (Wildman–Crippen MR) is 158 cm³/mol. The Bertz CT molecular complexity index is 1620. The largest absolute Gasteiger partial charge is 0.510 e. The number of ether oxygens (including phenoxy) is 1. The molecule has 3 N–H and O–H groups in total. The number of aryl methyl sites for hydroxylation is 1. The zero-order valence-corrected chi connectivity index (χ0v) is 25.2. The summed E-state index contributed by atoms with van der Waals surface area (Å²) in [6.07, 6.45) is -2.62. The molecule has 1 atom stereocenters. The first kappa shape index (κ1) is 32.6. The van der Waals surface area contributed by atoms with Crippen LogP contribution in [-0.4, -0.2) is 41.7 Å². The molecule has 4 rings (SSSR count). The van der Waals surface area contributed by atoms with Crippen LogP contribution in [0.15, 0.2) is 83.3 Å². The second-order valence-electron chi connectivity index (χ2n) is 10.9. The Balaban J connectivity index is 1.60. The van der Waals surface area contributed by atoms with Crippen LogP contribution in [0.1, 0.15) is 51.2 Å². The van der Waals surface area contributed by atoms with Gasteiger partial charge in [0.25, 0.3) is 10.0 Å². The molecule has 0 bridgehead atoms. The quantitative estimate of drug-likeness (QED) is 0.202. The van der Waals surface area contributed by atoms with Crippen molar-refractivity contribution in [3.05, 3.63) is 89.4 Å². The number of pyridine rings is 1. The third kappa shape index (κ3) is 7.26. The number of phenols is 1. The number of aliphatic hydroxyl groups excluding tert-OH is 1. The third-order valence-corrected chi connectivity index (χ3v) is 8.82. The van der Waals surface area contributed by atoms with E-state index in [2.05, 4.69) is 9.71 Å². The van der Waals surface area contributed by atoms with Crippen LogP contribution >= 0.6 is 0 Å². The van der Waals surface area contributed by atoms with Gasteiger partial charge in [-0.1, -0.05) is 39.0 Å². The fourth-order valence-electron chi connectivity index (χ4n) is 5.03. The summed E-state index contributed by atoms with van der Waals surface area (Å²) in [6.45, 7) is 5.98. The average molecular weight is 634 g/mol. The number of rotatable bonds is 11. The molecule has 44 heavy (non-hydrogen) atoms. The first-order valence-electron chi connectivity index (χ1n) is 14.0. The van der Waals surface area contributed by atoms with Gasteiger partial charge in [0.05, 0.1) is 11.3 Å². The maximum atomic E-state index is 13.6. The number of carbonyl (C=O) groups excluding carboxylic acids is 1. The topological polar surface area (TPSA) is 129 Å². The molecular weight excluding hydrogens is 599 g/mol. The Labute approximate surface area is 254 Å². The summed E-state index contributed by atoms with van der Waals surface area (Å²) in [4.78, 5) is 18.6. The first-order chi connectivity index (χ1) is 20.6. The minimum atomic E-state index is -4.66. The van der Waals surface area contributed by atoms with Crippen LogP contribution in [0.4, 0.5) is 24.5 Å². The number of aliphatic hydroxyl groups is 1. The molecule has 0 radical (unpaired) electrons. The Kier molecular flexibility index (Phi) is 9.47. The highest BCUT2D eigenvalue weighted by molar-refractivity contribution is 7.92. The summed E-state index contributed by atoms with van der Waals surface area (Å²) in [7, 11) is -4.35. The minimum absolute atomic E-state index is 0.0582. The van der Waals surface area contributed by atoms with E-state index in [-0.39, 0.29) is 41.8 Å². The van der Waals surface area contributed by atoms with Gasteiger partial charge in [-0.25, -0.2) is 9.78 Å². The number of anilines is 2. The molecule has 1 aromatic heterocycles. The van der Waals surface area contributed by atoms with Gasteiger partial charge >= 0.3 is 12.1 Å². The first-order valence-corrected chi connectivity index (χ1v) is 15.5. The lowest BCUT2D eigenvalue weighted by molar-refractivity contribution is -0.166. The molecule has 9 nitrogen and oxygen atoms in total. The summed E-state index contributed by atoms with van der Waals surface area (Å²) in [6, 6.07) is 14.2. The van der Waals surface area contributed by atoms with Crippen LogP contribution < -0.4 is 9.62 Å². The minimum Gasteiger partial charge on any atom is -0.510 e. The smallest absolute Gasteiger partial charge is 0.417 e. The van der Waals surface area contributed by atoms with E-state index in [1.165, 1.54) is 18.2 Å². The van der Waals surface area contributed by atoms with Crippen LogP contribution in [0.5, 0.6) is 5.75 Å². The van der Waals surface area contributed by atoms with Crippen molar-refractivity contribution in [3.8, 4) is 5.75 Å². The van der Waals surface area contributed by atoms with Crippen molar-refractivity contribution in [1.29, 1.82) is 0 Å². The van der Waals surface area contributed by atoms with Gasteiger partial charge in [0.2, 0.25) is 0 Å². The maximum Gasteiger partial charge on any atom is 0.417 e. The molecule has 0 amide bonds. The Hall–Kier alpha value is -4.26. The van der Waals surface area contributed by atoms with Crippen molar-refractivity contribution in [2.24, 2.45) is 5.92 Å². The molecule has 2 heterocycles. The average Bonchev–Trinajstić information content (AvgIpc) is 2.95. The van der Waals surface area contributed by atoms with E-state index >= 15 is 0 Å². The van der Waals surface area contributed by atoms with Crippen molar-refractivity contribution < 1.29 is 41.3 Å². The number of hydrogen-bond donors (Lipinski definition) is 3. The second kappa shape index (κ2) is 12.8. The Morgan fingerprint density at radius 3 is 2.36 bits per heavy atom. The summed E-state index contributed by atoms with van der Waals surface area (Å²) in [5, 5.41) is 20.3. The summed E-state index contributed by atoms with van der Waals surface area (Å²) < 4.78 is 72.8. The molecule has 1 aliphatic heterocycles. The lowest BCUT2D eigenvalue weighted by Crippen LogP contribution is -2.47. The van der Waals surface area contributed by atoms with Gasteiger partial charge < -0.3 is 19.8 Å². The number of benzene rings is 2. The number of aromatic nitrogens is 1. The van der Waals surface area contributed by atoms with Gasteiger partial charge in [0, 0.05) is 24.8 Å². The van der Waals surface area contributed by atoms with E-state index in [1.807, 2.05) is 20.8 Å². The van der Waals surface area contributed by atoms with Crippen molar-refractivity contribution in [2.75, 3.05) is 16.2 Å². The van der Waals surface area contributed by atoms with Gasteiger partial charge in [-0.15, -0.1) is 0 Å². The van der Waals surface area contributed by atoms with E-state index in [9.17, 15) is 36.6 Å². The SMILES string of the molecule is CCCN(C1=C(O)CC(CCc2ccc(O)cc2)(C(C)C)OC1=O)c1cccc(NS(=O)(=O)c2ccc(C(F)(F)F)cn2)c1.